The third-order valence-corrected chi connectivity index (χ3v) is 1.53. The van der Waals surface area contributed by atoms with Crippen molar-refractivity contribution in [3.8, 4) is 0 Å². The molecule has 4 nitrogen and oxygen atoms in total. The van der Waals surface area contributed by atoms with E-state index in [9.17, 15) is 4.79 Å². The smallest absolute Gasteiger partial charge is 0.222 e. The molecular weight excluding hydrogens is 168 g/mol. The molecule has 0 aromatic carbocycles. The van der Waals surface area contributed by atoms with Crippen molar-refractivity contribution >= 4 is 5.91 Å². The van der Waals surface area contributed by atoms with Crippen LogP contribution >= 0.6 is 0 Å². The van der Waals surface area contributed by atoms with Gasteiger partial charge in [-0.2, -0.15) is 0 Å². The van der Waals surface area contributed by atoms with E-state index < -0.39 is 0 Å². The van der Waals surface area contributed by atoms with Crippen molar-refractivity contribution in [1.29, 1.82) is 0 Å². The Morgan fingerprint density at radius 3 is 3.00 bits per heavy atom. The van der Waals surface area contributed by atoms with Gasteiger partial charge in [0, 0.05) is 12.6 Å². The van der Waals surface area contributed by atoms with Crippen LogP contribution in [0.4, 0.5) is 0 Å². The van der Waals surface area contributed by atoms with E-state index in [0.717, 1.165) is 5.69 Å². The third kappa shape index (κ3) is 3.66. The highest BCUT2D eigenvalue weighted by atomic mass is 16.3. The summed E-state index contributed by atoms with van der Waals surface area (Å²) in [5, 5.41) is 11.1. The number of aliphatic hydroxyl groups is 1. The Bertz CT molecular complexity index is 262. The lowest BCUT2D eigenvalue weighted by Crippen LogP contribution is -2.23. The number of hydrogen-bond acceptors (Lipinski definition) is 3. The highest BCUT2D eigenvalue weighted by Gasteiger charge is 1.99. The first kappa shape index (κ1) is 9.67. The van der Waals surface area contributed by atoms with Crippen molar-refractivity contribution in [1.82, 2.24) is 10.3 Å². The summed E-state index contributed by atoms with van der Waals surface area (Å²) in [6, 6.07) is 5.51. The van der Waals surface area contributed by atoms with Crippen LogP contribution in [0.5, 0.6) is 0 Å². The number of aromatic nitrogens is 1. The molecular formula is C9H12N2O2. The molecule has 1 heterocycles. The molecule has 70 valence electrons. The first-order valence-electron chi connectivity index (χ1n) is 4.10. The predicted molar refractivity (Wildman–Crippen MR) is 47.8 cm³/mol. The molecule has 0 aliphatic rings. The molecule has 0 bridgehead atoms. The van der Waals surface area contributed by atoms with Gasteiger partial charge in [-0.3, -0.25) is 9.78 Å². The van der Waals surface area contributed by atoms with Gasteiger partial charge in [-0.1, -0.05) is 6.07 Å². The zero-order valence-corrected chi connectivity index (χ0v) is 7.23. The summed E-state index contributed by atoms with van der Waals surface area (Å²) in [7, 11) is 0. The Morgan fingerprint density at radius 2 is 2.38 bits per heavy atom. The molecule has 0 saturated heterocycles. The van der Waals surface area contributed by atoms with Crippen molar-refractivity contribution in [2.75, 3.05) is 6.61 Å². The second-order valence-electron chi connectivity index (χ2n) is 2.57. The van der Waals surface area contributed by atoms with Gasteiger partial charge in [-0.25, -0.2) is 0 Å². The van der Waals surface area contributed by atoms with Crippen LogP contribution < -0.4 is 5.32 Å². The Morgan fingerprint density at radius 1 is 1.54 bits per heavy atom. The van der Waals surface area contributed by atoms with Gasteiger partial charge in [-0.15, -0.1) is 0 Å². The first-order chi connectivity index (χ1) is 6.33. The van der Waals surface area contributed by atoms with E-state index in [1.807, 2.05) is 18.2 Å². The molecule has 0 radical (unpaired) electrons. The molecule has 13 heavy (non-hydrogen) atoms. The van der Waals surface area contributed by atoms with E-state index >= 15 is 0 Å². The van der Waals surface area contributed by atoms with E-state index in [4.69, 9.17) is 5.11 Å². The summed E-state index contributed by atoms with van der Waals surface area (Å²) < 4.78 is 0. The highest BCUT2D eigenvalue weighted by Crippen LogP contribution is 1.92. The van der Waals surface area contributed by atoms with E-state index in [0.29, 0.717) is 6.54 Å². The molecule has 0 aliphatic heterocycles. The van der Waals surface area contributed by atoms with Gasteiger partial charge in [0.25, 0.3) is 0 Å². The third-order valence-electron chi connectivity index (χ3n) is 1.53. The molecule has 0 atom stereocenters. The van der Waals surface area contributed by atoms with Gasteiger partial charge >= 0.3 is 0 Å². The normalized spacial score (nSPS) is 9.62. The number of hydrogen-bond donors (Lipinski definition) is 2. The maximum Gasteiger partial charge on any atom is 0.222 e. The minimum Gasteiger partial charge on any atom is -0.396 e. The molecule has 0 fully saturated rings. The van der Waals surface area contributed by atoms with Crippen LogP contribution in [0.2, 0.25) is 0 Å². The lowest BCUT2D eigenvalue weighted by atomic mass is 10.3. The predicted octanol–water partition coefficient (Wildman–Crippen LogP) is 0.0802. The summed E-state index contributed by atoms with van der Waals surface area (Å²) in [5.74, 6) is -0.159. The van der Waals surface area contributed by atoms with Crippen molar-refractivity contribution in [2.45, 2.75) is 13.0 Å². The number of carbonyl (C=O) groups is 1. The van der Waals surface area contributed by atoms with Gasteiger partial charge < -0.3 is 10.4 Å². The Labute approximate surface area is 76.6 Å². The molecule has 0 saturated carbocycles. The quantitative estimate of drug-likeness (QED) is 0.689. The van der Waals surface area contributed by atoms with E-state index in [2.05, 4.69) is 10.3 Å². The van der Waals surface area contributed by atoms with Crippen molar-refractivity contribution in [3.05, 3.63) is 30.1 Å². The van der Waals surface area contributed by atoms with Crippen LogP contribution in [0.3, 0.4) is 0 Å². The van der Waals surface area contributed by atoms with E-state index in [-0.39, 0.29) is 18.9 Å². The number of carbonyl (C=O) groups excluding carboxylic acids is 1. The fourth-order valence-electron chi connectivity index (χ4n) is 0.882. The van der Waals surface area contributed by atoms with Crippen LogP contribution in [0.25, 0.3) is 0 Å². The topological polar surface area (TPSA) is 62.2 Å². The number of nitrogens with one attached hydrogen (secondary N) is 1. The van der Waals surface area contributed by atoms with Crippen LogP contribution in [-0.2, 0) is 11.3 Å². The molecule has 1 rings (SSSR count). The molecule has 1 amide bonds. The molecule has 0 unspecified atom stereocenters. The Balaban J connectivity index is 2.31. The van der Waals surface area contributed by atoms with E-state index in [1.54, 1.807) is 6.20 Å². The second kappa shape index (κ2) is 5.27. The van der Waals surface area contributed by atoms with Crippen LogP contribution in [0.1, 0.15) is 12.1 Å². The maximum absolute atomic E-state index is 10.9. The van der Waals surface area contributed by atoms with Crippen LogP contribution in [0, 0.1) is 0 Å². The molecule has 1 aromatic heterocycles. The van der Waals surface area contributed by atoms with Crippen molar-refractivity contribution in [3.63, 3.8) is 0 Å². The number of amides is 1. The first-order valence-corrected chi connectivity index (χ1v) is 4.10. The Kier molecular flexibility index (Phi) is 3.92. The summed E-state index contributed by atoms with van der Waals surface area (Å²) in [4.78, 5) is 15.0. The van der Waals surface area contributed by atoms with Gasteiger partial charge in [-0.05, 0) is 12.1 Å². The molecule has 0 spiro atoms. The molecule has 2 N–H and O–H groups in total. The minimum atomic E-state index is -0.159. The molecule has 4 heteroatoms. The zero-order chi connectivity index (χ0) is 9.52. The standard InChI is InChI=1S/C9H12N2O2/c12-6-4-9(13)11-7-8-3-1-2-5-10-8/h1-3,5,12H,4,6-7H2,(H,11,13). The zero-order valence-electron chi connectivity index (χ0n) is 7.23. The number of aliphatic hydroxyl groups excluding tert-OH is 1. The van der Waals surface area contributed by atoms with Crippen LogP contribution in [0.15, 0.2) is 24.4 Å². The van der Waals surface area contributed by atoms with Gasteiger partial charge in [0.2, 0.25) is 5.91 Å². The summed E-state index contributed by atoms with van der Waals surface area (Å²) in [6.45, 7) is 0.299. The monoisotopic (exact) mass is 180 g/mol. The summed E-state index contributed by atoms with van der Waals surface area (Å²) in [6.07, 6.45) is 1.82. The Hall–Kier alpha value is -1.42. The van der Waals surface area contributed by atoms with Gasteiger partial charge in [0.15, 0.2) is 0 Å². The largest absolute Gasteiger partial charge is 0.396 e. The number of nitrogens with zero attached hydrogens (tertiary/aromatic N) is 1. The molecule has 1 aromatic rings. The van der Waals surface area contributed by atoms with Crippen molar-refractivity contribution < 1.29 is 9.90 Å². The molecule has 0 aliphatic carbocycles. The maximum atomic E-state index is 10.9. The highest BCUT2D eigenvalue weighted by molar-refractivity contribution is 5.75. The van der Waals surface area contributed by atoms with Crippen molar-refractivity contribution in [2.24, 2.45) is 0 Å². The summed E-state index contributed by atoms with van der Waals surface area (Å²) >= 11 is 0. The second-order valence-corrected chi connectivity index (χ2v) is 2.57. The lowest BCUT2D eigenvalue weighted by Gasteiger charge is -2.02. The van der Waals surface area contributed by atoms with Gasteiger partial charge in [0.05, 0.1) is 18.8 Å². The average molecular weight is 180 g/mol. The SMILES string of the molecule is O=C(CCO)NCc1ccccn1. The van der Waals surface area contributed by atoms with E-state index in [1.165, 1.54) is 0 Å². The number of pyridine rings is 1. The summed E-state index contributed by atoms with van der Waals surface area (Å²) in [5.41, 5.74) is 0.814. The number of rotatable bonds is 4. The van der Waals surface area contributed by atoms with Gasteiger partial charge in [0.1, 0.15) is 0 Å². The fraction of sp³-hybridized carbons (Fsp3) is 0.333. The fourth-order valence-corrected chi connectivity index (χ4v) is 0.882. The lowest BCUT2D eigenvalue weighted by molar-refractivity contribution is -0.121. The minimum absolute atomic E-state index is 0.117. The van der Waals surface area contributed by atoms with Crippen LogP contribution in [-0.4, -0.2) is 22.6 Å². The average Bonchev–Trinajstić information content (AvgIpc) is 2.17.